The van der Waals surface area contributed by atoms with Crippen molar-refractivity contribution in [2.24, 2.45) is 0 Å². The molecular formula is C20H20N2O2. The third kappa shape index (κ3) is 3.90. The summed E-state index contributed by atoms with van der Waals surface area (Å²) < 4.78 is 0. The van der Waals surface area contributed by atoms with Gasteiger partial charge in [-0.1, -0.05) is 35.9 Å². The highest BCUT2D eigenvalue weighted by molar-refractivity contribution is 6.02. The van der Waals surface area contributed by atoms with E-state index in [9.17, 15) is 9.59 Å². The van der Waals surface area contributed by atoms with Gasteiger partial charge in [0.1, 0.15) is 0 Å². The predicted molar refractivity (Wildman–Crippen MR) is 96.9 cm³/mol. The summed E-state index contributed by atoms with van der Waals surface area (Å²) in [5.74, 6) is -0.0572. The molecular weight excluding hydrogens is 300 g/mol. The van der Waals surface area contributed by atoms with Gasteiger partial charge in [0, 0.05) is 30.4 Å². The molecule has 0 saturated carbocycles. The Hall–Kier alpha value is -2.88. The molecule has 2 amide bonds. The summed E-state index contributed by atoms with van der Waals surface area (Å²) in [6.07, 6.45) is 4.77. The second-order valence-corrected chi connectivity index (χ2v) is 5.93. The van der Waals surface area contributed by atoms with Crippen molar-refractivity contribution in [3.8, 4) is 0 Å². The van der Waals surface area contributed by atoms with Crippen LogP contribution in [-0.2, 0) is 9.59 Å². The lowest BCUT2D eigenvalue weighted by Crippen LogP contribution is -2.23. The highest BCUT2D eigenvalue weighted by atomic mass is 16.2. The average molecular weight is 320 g/mol. The maximum Gasteiger partial charge on any atom is 0.248 e. The Kier molecular flexibility index (Phi) is 4.75. The fourth-order valence-electron chi connectivity index (χ4n) is 2.71. The van der Waals surface area contributed by atoms with Crippen molar-refractivity contribution in [3.63, 3.8) is 0 Å². The van der Waals surface area contributed by atoms with E-state index in [4.69, 9.17) is 0 Å². The van der Waals surface area contributed by atoms with E-state index in [1.54, 1.807) is 11.0 Å². The average Bonchev–Trinajstić information content (AvgIpc) is 3.01. The molecule has 2 aromatic carbocycles. The van der Waals surface area contributed by atoms with Gasteiger partial charge in [0.2, 0.25) is 11.8 Å². The Morgan fingerprint density at radius 1 is 1.17 bits per heavy atom. The lowest BCUT2D eigenvalue weighted by atomic mass is 10.1. The lowest BCUT2D eigenvalue weighted by molar-refractivity contribution is -0.117. The minimum Gasteiger partial charge on any atom is -0.322 e. The fraction of sp³-hybridized carbons (Fsp3) is 0.200. The van der Waals surface area contributed by atoms with Crippen molar-refractivity contribution in [1.29, 1.82) is 0 Å². The number of hydrogen-bond donors (Lipinski definition) is 1. The van der Waals surface area contributed by atoms with Gasteiger partial charge in [-0.05, 0) is 43.2 Å². The van der Waals surface area contributed by atoms with Crippen LogP contribution >= 0.6 is 0 Å². The highest BCUT2D eigenvalue weighted by Crippen LogP contribution is 2.24. The first-order chi connectivity index (χ1) is 11.6. The molecule has 122 valence electrons. The van der Waals surface area contributed by atoms with Crippen molar-refractivity contribution in [1.82, 2.24) is 0 Å². The Morgan fingerprint density at radius 2 is 1.96 bits per heavy atom. The quantitative estimate of drug-likeness (QED) is 0.872. The summed E-state index contributed by atoms with van der Waals surface area (Å²) in [4.78, 5) is 25.7. The smallest absolute Gasteiger partial charge is 0.248 e. The van der Waals surface area contributed by atoms with Gasteiger partial charge in [-0.25, -0.2) is 0 Å². The van der Waals surface area contributed by atoms with E-state index in [1.807, 2.05) is 55.5 Å². The molecule has 0 atom stereocenters. The predicted octanol–water partition coefficient (Wildman–Crippen LogP) is 3.77. The van der Waals surface area contributed by atoms with Gasteiger partial charge in [-0.3, -0.25) is 9.59 Å². The van der Waals surface area contributed by atoms with Crippen LogP contribution in [0.5, 0.6) is 0 Å². The standard InChI is InChI=1S/C20H20N2O2/c1-15-7-9-16(10-8-15)11-12-19(23)21-17-4-2-5-18(14-17)22-13-3-6-20(22)24/h2,4-5,7-12,14H,3,6,13H2,1H3,(H,21,23)/b12-11+. The van der Waals surface area contributed by atoms with Crippen LogP contribution in [-0.4, -0.2) is 18.4 Å². The molecule has 2 aromatic rings. The van der Waals surface area contributed by atoms with Crippen molar-refractivity contribution < 1.29 is 9.59 Å². The first-order valence-corrected chi connectivity index (χ1v) is 8.08. The van der Waals surface area contributed by atoms with Gasteiger partial charge in [0.25, 0.3) is 0 Å². The first-order valence-electron chi connectivity index (χ1n) is 8.08. The number of rotatable bonds is 4. The fourth-order valence-corrected chi connectivity index (χ4v) is 2.71. The molecule has 1 saturated heterocycles. The van der Waals surface area contributed by atoms with E-state index < -0.39 is 0 Å². The van der Waals surface area contributed by atoms with Crippen LogP contribution in [0.4, 0.5) is 11.4 Å². The molecule has 1 aliphatic rings. The Labute approximate surface area is 141 Å². The molecule has 4 heteroatoms. The normalized spacial score (nSPS) is 14.4. The number of benzene rings is 2. The van der Waals surface area contributed by atoms with Crippen molar-refractivity contribution in [3.05, 3.63) is 65.7 Å². The number of nitrogens with one attached hydrogen (secondary N) is 1. The molecule has 4 nitrogen and oxygen atoms in total. The zero-order valence-electron chi connectivity index (χ0n) is 13.7. The van der Waals surface area contributed by atoms with Crippen LogP contribution < -0.4 is 10.2 Å². The maximum atomic E-state index is 12.1. The molecule has 1 N–H and O–H groups in total. The monoisotopic (exact) mass is 320 g/mol. The number of carbonyl (C=O) groups is 2. The molecule has 3 rings (SSSR count). The molecule has 0 aliphatic carbocycles. The lowest BCUT2D eigenvalue weighted by Gasteiger charge is -2.16. The van der Waals surface area contributed by atoms with E-state index in [1.165, 1.54) is 11.6 Å². The van der Waals surface area contributed by atoms with Crippen LogP contribution in [0.25, 0.3) is 6.08 Å². The summed E-state index contributed by atoms with van der Waals surface area (Å²) in [6, 6.07) is 15.4. The first kappa shape index (κ1) is 16.0. The Morgan fingerprint density at radius 3 is 2.67 bits per heavy atom. The third-order valence-electron chi connectivity index (χ3n) is 4.00. The van der Waals surface area contributed by atoms with Crippen molar-refractivity contribution >= 4 is 29.3 Å². The second kappa shape index (κ2) is 7.13. The molecule has 1 fully saturated rings. The van der Waals surface area contributed by atoms with Crippen LogP contribution in [0.15, 0.2) is 54.6 Å². The van der Waals surface area contributed by atoms with Crippen molar-refractivity contribution in [2.45, 2.75) is 19.8 Å². The number of carbonyl (C=O) groups excluding carboxylic acids is 2. The van der Waals surface area contributed by atoms with E-state index in [0.29, 0.717) is 12.1 Å². The molecule has 0 radical (unpaired) electrons. The van der Waals surface area contributed by atoms with Crippen LogP contribution in [0.2, 0.25) is 0 Å². The molecule has 24 heavy (non-hydrogen) atoms. The van der Waals surface area contributed by atoms with E-state index in [0.717, 1.165) is 24.2 Å². The summed E-state index contributed by atoms with van der Waals surface area (Å²) in [5.41, 5.74) is 3.68. The number of hydrogen-bond acceptors (Lipinski definition) is 2. The molecule has 0 bridgehead atoms. The SMILES string of the molecule is Cc1ccc(/C=C/C(=O)Nc2cccc(N3CCCC3=O)c2)cc1. The largest absolute Gasteiger partial charge is 0.322 e. The summed E-state index contributed by atoms with van der Waals surface area (Å²) >= 11 is 0. The van der Waals surface area contributed by atoms with Gasteiger partial charge in [-0.2, -0.15) is 0 Å². The Balaban J connectivity index is 1.66. The number of amides is 2. The molecule has 0 spiro atoms. The van der Waals surface area contributed by atoms with Crippen LogP contribution in [0.3, 0.4) is 0 Å². The zero-order chi connectivity index (χ0) is 16.9. The van der Waals surface area contributed by atoms with Gasteiger partial charge < -0.3 is 10.2 Å². The van der Waals surface area contributed by atoms with E-state index >= 15 is 0 Å². The summed E-state index contributed by atoms with van der Waals surface area (Å²) in [5, 5.41) is 2.84. The van der Waals surface area contributed by atoms with Gasteiger partial charge >= 0.3 is 0 Å². The van der Waals surface area contributed by atoms with E-state index in [2.05, 4.69) is 5.32 Å². The highest BCUT2D eigenvalue weighted by Gasteiger charge is 2.21. The number of aryl methyl sites for hydroxylation is 1. The molecule has 0 unspecified atom stereocenters. The van der Waals surface area contributed by atoms with Gasteiger partial charge in [0.05, 0.1) is 0 Å². The summed E-state index contributed by atoms with van der Waals surface area (Å²) in [6.45, 7) is 2.77. The van der Waals surface area contributed by atoms with Crippen molar-refractivity contribution in [2.75, 3.05) is 16.8 Å². The second-order valence-electron chi connectivity index (χ2n) is 5.93. The summed E-state index contributed by atoms with van der Waals surface area (Å²) in [7, 11) is 0. The van der Waals surface area contributed by atoms with E-state index in [-0.39, 0.29) is 11.8 Å². The minimum atomic E-state index is -0.194. The molecule has 0 aromatic heterocycles. The third-order valence-corrected chi connectivity index (χ3v) is 4.00. The van der Waals surface area contributed by atoms with Crippen LogP contribution in [0, 0.1) is 6.92 Å². The zero-order valence-corrected chi connectivity index (χ0v) is 13.7. The van der Waals surface area contributed by atoms with Gasteiger partial charge in [0.15, 0.2) is 0 Å². The topological polar surface area (TPSA) is 49.4 Å². The maximum absolute atomic E-state index is 12.1. The van der Waals surface area contributed by atoms with Crippen LogP contribution in [0.1, 0.15) is 24.0 Å². The number of nitrogens with zero attached hydrogens (tertiary/aromatic N) is 1. The minimum absolute atomic E-state index is 0.137. The molecule has 1 aliphatic heterocycles. The van der Waals surface area contributed by atoms with Gasteiger partial charge in [-0.15, -0.1) is 0 Å². The Bertz CT molecular complexity index is 778. The molecule has 1 heterocycles. The number of anilines is 2.